The molecule has 2 N–H and O–H groups in total. The van der Waals surface area contributed by atoms with E-state index in [1.54, 1.807) is 42.5 Å². The van der Waals surface area contributed by atoms with Gasteiger partial charge in [0.25, 0.3) is 5.91 Å². The van der Waals surface area contributed by atoms with Crippen LogP contribution in [0.5, 0.6) is 0 Å². The van der Waals surface area contributed by atoms with Crippen LogP contribution < -0.4 is 10.6 Å². The zero-order valence-electron chi connectivity index (χ0n) is 13.2. The first-order valence-electron chi connectivity index (χ1n) is 7.62. The highest BCUT2D eigenvalue weighted by atomic mass is 35.5. The Morgan fingerprint density at radius 3 is 2.60 bits per heavy atom. The third-order valence-corrected chi connectivity index (χ3v) is 3.79. The summed E-state index contributed by atoms with van der Waals surface area (Å²) < 4.78 is 13.6. The lowest BCUT2D eigenvalue weighted by atomic mass is 10.2. The molecular weight excluding hydrogens is 341 g/mol. The minimum atomic E-state index is -0.345. The van der Waals surface area contributed by atoms with Crippen molar-refractivity contribution in [2.45, 2.75) is 6.54 Å². The highest BCUT2D eigenvalue weighted by molar-refractivity contribution is 6.30. The summed E-state index contributed by atoms with van der Waals surface area (Å²) in [4.78, 5) is 16.5. The number of hydrogen-bond donors (Lipinski definition) is 2. The van der Waals surface area contributed by atoms with E-state index in [9.17, 15) is 9.18 Å². The Kier molecular flexibility index (Phi) is 5.26. The maximum atomic E-state index is 13.6. The Bertz CT molecular complexity index is 884. The lowest BCUT2D eigenvalue weighted by molar-refractivity contribution is 0.0950. The van der Waals surface area contributed by atoms with Crippen LogP contribution in [0.15, 0.2) is 66.9 Å². The third-order valence-electron chi connectivity index (χ3n) is 3.54. The van der Waals surface area contributed by atoms with Crippen molar-refractivity contribution in [1.82, 2.24) is 10.3 Å². The smallest absolute Gasteiger partial charge is 0.251 e. The molecule has 1 heterocycles. The van der Waals surface area contributed by atoms with Gasteiger partial charge in [0.15, 0.2) is 0 Å². The first kappa shape index (κ1) is 16.9. The van der Waals surface area contributed by atoms with Crippen molar-refractivity contribution < 1.29 is 9.18 Å². The third kappa shape index (κ3) is 4.55. The molecule has 4 nitrogen and oxygen atoms in total. The molecule has 1 aromatic heterocycles. The molecule has 0 unspecified atom stereocenters. The SMILES string of the molecule is O=C(NCc1ccccc1F)c1ccnc(Nc2ccc(Cl)cc2)c1. The molecule has 25 heavy (non-hydrogen) atoms. The Balaban J connectivity index is 1.67. The lowest BCUT2D eigenvalue weighted by Crippen LogP contribution is -2.23. The molecule has 3 aromatic rings. The van der Waals surface area contributed by atoms with Gasteiger partial charge in [-0.3, -0.25) is 4.79 Å². The van der Waals surface area contributed by atoms with Crippen molar-refractivity contribution in [2.75, 3.05) is 5.32 Å². The van der Waals surface area contributed by atoms with Crippen LogP contribution >= 0.6 is 11.6 Å². The standard InChI is InChI=1S/C19H15ClFN3O/c20-15-5-7-16(8-6-15)24-18-11-13(9-10-22-18)19(25)23-12-14-3-1-2-4-17(14)21/h1-11H,12H2,(H,22,24)(H,23,25). The summed E-state index contributed by atoms with van der Waals surface area (Å²) in [6.07, 6.45) is 1.54. The van der Waals surface area contributed by atoms with E-state index in [4.69, 9.17) is 11.6 Å². The van der Waals surface area contributed by atoms with Gasteiger partial charge in [0.1, 0.15) is 11.6 Å². The van der Waals surface area contributed by atoms with Gasteiger partial charge >= 0.3 is 0 Å². The number of nitrogens with zero attached hydrogens (tertiary/aromatic N) is 1. The van der Waals surface area contributed by atoms with Crippen LogP contribution in [0, 0.1) is 5.82 Å². The first-order valence-corrected chi connectivity index (χ1v) is 8.00. The van der Waals surface area contributed by atoms with E-state index in [0.717, 1.165) is 5.69 Å². The van der Waals surface area contributed by atoms with Crippen LogP contribution in [0.4, 0.5) is 15.9 Å². The number of carbonyl (C=O) groups excluding carboxylic acids is 1. The van der Waals surface area contributed by atoms with E-state index in [1.807, 2.05) is 12.1 Å². The molecule has 2 aromatic carbocycles. The second kappa shape index (κ2) is 7.77. The maximum Gasteiger partial charge on any atom is 0.251 e. The van der Waals surface area contributed by atoms with Crippen LogP contribution in [-0.2, 0) is 6.54 Å². The van der Waals surface area contributed by atoms with E-state index in [1.165, 1.54) is 12.3 Å². The van der Waals surface area contributed by atoms with Crippen molar-refractivity contribution in [3.63, 3.8) is 0 Å². The molecule has 0 atom stereocenters. The first-order chi connectivity index (χ1) is 12.1. The molecule has 126 valence electrons. The van der Waals surface area contributed by atoms with Crippen LogP contribution in [-0.4, -0.2) is 10.9 Å². The number of hydrogen-bond acceptors (Lipinski definition) is 3. The highest BCUT2D eigenvalue weighted by Crippen LogP contribution is 2.18. The molecule has 0 saturated carbocycles. The fourth-order valence-corrected chi connectivity index (χ4v) is 2.37. The number of amides is 1. The van der Waals surface area contributed by atoms with Crippen molar-refractivity contribution in [1.29, 1.82) is 0 Å². The number of pyridine rings is 1. The molecule has 0 radical (unpaired) electrons. The van der Waals surface area contributed by atoms with Crippen LogP contribution in [0.2, 0.25) is 5.02 Å². The van der Waals surface area contributed by atoms with Gasteiger partial charge < -0.3 is 10.6 Å². The maximum absolute atomic E-state index is 13.6. The van der Waals surface area contributed by atoms with E-state index >= 15 is 0 Å². The molecule has 6 heteroatoms. The lowest BCUT2D eigenvalue weighted by Gasteiger charge is -2.09. The molecule has 0 spiro atoms. The molecule has 0 aliphatic carbocycles. The van der Waals surface area contributed by atoms with Gasteiger partial charge in [0.2, 0.25) is 0 Å². The van der Waals surface area contributed by atoms with Crippen molar-refractivity contribution in [3.05, 3.63) is 88.8 Å². The summed E-state index contributed by atoms with van der Waals surface area (Å²) in [6, 6.07) is 16.7. The monoisotopic (exact) mass is 355 g/mol. The van der Waals surface area contributed by atoms with E-state index in [0.29, 0.717) is 22.0 Å². The number of benzene rings is 2. The Morgan fingerprint density at radius 2 is 1.84 bits per heavy atom. The van der Waals surface area contributed by atoms with E-state index in [-0.39, 0.29) is 18.3 Å². The summed E-state index contributed by atoms with van der Waals surface area (Å²) in [5, 5.41) is 6.44. The Hall–Kier alpha value is -2.92. The second-order valence-electron chi connectivity index (χ2n) is 5.34. The van der Waals surface area contributed by atoms with Crippen LogP contribution in [0.25, 0.3) is 0 Å². The Labute approximate surface area is 149 Å². The van der Waals surface area contributed by atoms with Gasteiger partial charge in [0, 0.05) is 34.6 Å². The van der Waals surface area contributed by atoms with Gasteiger partial charge in [-0.25, -0.2) is 9.37 Å². The summed E-state index contributed by atoms with van der Waals surface area (Å²) in [7, 11) is 0. The number of rotatable bonds is 5. The summed E-state index contributed by atoms with van der Waals surface area (Å²) >= 11 is 5.85. The van der Waals surface area contributed by atoms with Crippen molar-refractivity contribution in [2.24, 2.45) is 0 Å². The number of aromatic nitrogens is 1. The zero-order chi connectivity index (χ0) is 17.6. The van der Waals surface area contributed by atoms with Gasteiger partial charge in [-0.05, 0) is 42.5 Å². The fraction of sp³-hybridized carbons (Fsp3) is 0.0526. The summed E-state index contributed by atoms with van der Waals surface area (Å²) in [5.74, 6) is -0.117. The highest BCUT2D eigenvalue weighted by Gasteiger charge is 2.08. The summed E-state index contributed by atoms with van der Waals surface area (Å²) in [5.41, 5.74) is 1.67. The van der Waals surface area contributed by atoms with E-state index < -0.39 is 0 Å². The van der Waals surface area contributed by atoms with Crippen LogP contribution in [0.3, 0.4) is 0 Å². The van der Waals surface area contributed by atoms with Crippen molar-refractivity contribution in [3.8, 4) is 0 Å². The molecule has 0 aliphatic heterocycles. The summed E-state index contributed by atoms with van der Waals surface area (Å²) in [6.45, 7) is 0.119. The molecule has 0 fully saturated rings. The van der Waals surface area contributed by atoms with Gasteiger partial charge in [-0.2, -0.15) is 0 Å². The molecule has 3 rings (SSSR count). The number of anilines is 2. The normalized spacial score (nSPS) is 10.3. The van der Waals surface area contributed by atoms with Crippen molar-refractivity contribution >= 4 is 29.0 Å². The number of halogens is 2. The quantitative estimate of drug-likeness (QED) is 0.706. The minimum Gasteiger partial charge on any atom is -0.348 e. The van der Waals surface area contributed by atoms with Gasteiger partial charge in [-0.1, -0.05) is 29.8 Å². The largest absolute Gasteiger partial charge is 0.348 e. The fourth-order valence-electron chi connectivity index (χ4n) is 2.24. The molecule has 0 saturated heterocycles. The average molecular weight is 356 g/mol. The van der Waals surface area contributed by atoms with E-state index in [2.05, 4.69) is 15.6 Å². The number of nitrogens with one attached hydrogen (secondary N) is 2. The molecule has 1 amide bonds. The van der Waals surface area contributed by atoms with Gasteiger partial charge in [0.05, 0.1) is 0 Å². The number of carbonyl (C=O) groups is 1. The molecular formula is C19H15ClFN3O. The molecule has 0 aliphatic rings. The van der Waals surface area contributed by atoms with Gasteiger partial charge in [-0.15, -0.1) is 0 Å². The predicted octanol–water partition coefficient (Wildman–Crippen LogP) is 4.55. The van der Waals surface area contributed by atoms with Crippen LogP contribution in [0.1, 0.15) is 15.9 Å². The zero-order valence-corrected chi connectivity index (χ0v) is 13.9. The predicted molar refractivity (Wildman–Crippen MR) is 96.5 cm³/mol. The topological polar surface area (TPSA) is 54.0 Å². The Morgan fingerprint density at radius 1 is 1.08 bits per heavy atom. The average Bonchev–Trinajstić information content (AvgIpc) is 2.63. The minimum absolute atomic E-state index is 0.119. The molecule has 0 bridgehead atoms. The second-order valence-corrected chi connectivity index (χ2v) is 5.77.